The lowest BCUT2D eigenvalue weighted by Crippen LogP contribution is -2.39. The highest BCUT2D eigenvalue weighted by Crippen LogP contribution is 2.30. The average Bonchev–Trinajstić information content (AvgIpc) is 3.22. The van der Waals surface area contributed by atoms with Gasteiger partial charge in [0.1, 0.15) is 11.6 Å². The molecule has 3 aromatic rings. The minimum atomic E-state index is -0.326. The Kier molecular flexibility index (Phi) is 5.55. The number of aromatic nitrogens is 2. The van der Waals surface area contributed by atoms with Gasteiger partial charge >= 0.3 is 0 Å². The molecule has 1 unspecified atom stereocenters. The van der Waals surface area contributed by atoms with Crippen molar-refractivity contribution in [3.05, 3.63) is 77.2 Å². The zero-order chi connectivity index (χ0) is 20.2. The van der Waals surface area contributed by atoms with E-state index in [0.29, 0.717) is 29.6 Å². The molecule has 2 aromatic carbocycles. The third-order valence-electron chi connectivity index (χ3n) is 4.99. The summed E-state index contributed by atoms with van der Waals surface area (Å²) in [5.41, 5.74) is 1.71. The van der Waals surface area contributed by atoms with Crippen LogP contribution in [0.3, 0.4) is 0 Å². The first-order chi connectivity index (χ1) is 14.1. The molecule has 4 rings (SSSR count). The number of likely N-dealkylation sites (tertiary alicyclic amines) is 1. The van der Waals surface area contributed by atoms with Crippen molar-refractivity contribution in [2.24, 2.45) is 0 Å². The first-order valence-corrected chi connectivity index (χ1v) is 9.68. The number of ether oxygens (including phenoxy) is 1. The average molecular weight is 395 g/mol. The number of aryl methyl sites for hydroxylation is 1. The highest BCUT2D eigenvalue weighted by molar-refractivity contribution is 5.94. The molecule has 1 aromatic heterocycles. The zero-order valence-corrected chi connectivity index (χ0v) is 16.2. The van der Waals surface area contributed by atoms with Crippen molar-refractivity contribution in [1.29, 1.82) is 0 Å². The van der Waals surface area contributed by atoms with Crippen LogP contribution in [0.4, 0.5) is 4.39 Å². The van der Waals surface area contributed by atoms with Crippen LogP contribution in [-0.2, 0) is 6.61 Å². The Balaban J connectivity index is 1.47. The molecule has 2 heterocycles. The van der Waals surface area contributed by atoms with Crippen molar-refractivity contribution in [2.75, 3.05) is 6.54 Å². The molecule has 29 heavy (non-hydrogen) atoms. The molecule has 1 aliphatic rings. The van der Waals surface area contributed by atoms with Crippen molar-refractivity contribution in [2.45, 2.75) is 38.8 Å². The molecule has 1 saturated heterocycles. The van der Waals surface area contributed by atoms with Gasteiger partial charge in [-0.2, -0.15) is 4.98 Å². The summed E-state index contributed by atoms with van der Waals surface area (Å²) in [5, 5.41) is 4.09. The van der Waals surface area contributed by atoms with Gasteiger partial charge in [-0.15, -0.1) is 0 Å². The van der Waals surface area contributed by atoms with E-state index in [0.717, 1.165) is 24.8 Å². The number of amides is 1. The van der Waals surface area contributed by atoms with E-state index in [9.17, 15) is 9.18 Å². The van der Waals surface area contributed by atoms with Crippen LogP contribution in [0, 0.1) is 12.7 Å². The van der Waals surface area contributed by atoms with E-state index in [2.05, 4.69) is 10.1 Å². The molecule has 1 amide bonds. The number of hydrogen-bond donors (Lipinski definition) is 0. The van der Waals surface area contributed by atoms with Crippen LogP contribution in [0.25, 0.3) is 0 Å². The molecule has 0 N–H and O–H groups in total. The summed E-state index contributed by atoms with van der Waals surface area (Å²) < 4.78 is 23.9. The van der Waals surface area contributed by atoms with Gasteiger partial charge in [0.2, 0.25) is 0 Å². The second-order valence-electron chi connectivity index (χ2n) is 7.17. The normalized spacial score (nSPS) is 16.6. The Labute approximate surface area is 168 Å². The Bertz CT molecular complexity index is 987. The second kappa shape index (κ2) is 8.43. The standard InChI is InChI=1S/C22H22FN3O3/c1-15-5-4-6-16(13-15)22(27)26-12-3-2-7-19(26)21-24-20(29-25-21)14-28-18-10-8-17(23)9-11-18/h4-6,8-11,13,19H,2-3,7,12,14H2,1H3. The fraction of sp³-hybridized carbons (Fsp3) is 0.318. The van der Waals surface area contributed by atoms with Gasteiger partial charge in [0.15, 0.2) is 12.4 Å². The fourth-order valence-electron chi connectivity index (χ4n) is 3.52. The fourth-order valence-corrected chi connectivity index (χ4v) is 3.52. The molecule has 0 aliphatic carbocycles. The minimum Gasteiger partial charge on any atom is -0.484 e. The number of rotatable bonds is 5. The number of nitrogens with zero attached hydrogens (tertiary/aromatic N) is 3. The Hall–Kier alpha value is -3.22. The zero-order valence-electron chi connectivity index (χ0n) is 16.2. The van der Waals surface area contributed by atoms with Crippen LogP contribution in [0.15, 0.2) is 53.1 Å². The van der Waals surface area contributed by atoms with Crippen molar-refractivity contribution in [1.82, 2.24) is 15.0 Å². The highest BCUT2D eigenvalue weighted by Gasteiger charge is 2.32. The monoisotopic (exact) mass is 395 g/mol. The maximum Gasteiger partial charge on any atom is 0.264 e. The van der Waals surface area contributed by atoms with Crippen molar-refractivity contribution in [3.8, 4) is 5.75 Å². The van der Waals surface area contributed by atoms with Crippen LogP contribution in [0.5, 0.6) is 5.75 Å². The maximum absolute atomic E-state index is 13.1. The SMILES string of the molecule is Cc1cccc(C(=O)N2CCCCC2c2noc(COc3ccc(F)cc3)n2)c1. The van der Waals surface area contributed by atoms with E-state index in [1.54, 1.807) is 0 Å². The van der Waals surface area contributed by atoms with E-state index >= 15 is 0 Å². The van der Waals surface area contributed by atoms with Crippen LogP contribution >= 0.6 is 0 Å². The lowest BCUT2D eigenvalue weighted by Gasteiger charge is -2.33. The Morgan fingerprint density at radius 2 is 2.07 bits per heavy atom. The van der Waals surface area contributed by atoms with Crippen LogP contribution in [0.2, 0.25) is 0 Å². The molecule has 6 nitrogen and oxygen atoms in total. The summed E-state index contributed by atoms with van der Waals surface area (Å²) >= 11 is 0. The number of carbonyl (C=O) groups is 1. The van der Waals surface area contributed by atoms with E-state index in [1.165, 1.54) is 24.3 Å². The van der Waals surface area contributed by atoms with Gasteiger partial charge in [0.05, 0.1) is 6.04 Å². The van der Waals surface area contributed by atoms with Gasteiger partial charge in [-0.05, 0) is 62.6 Å². The molecule has 150 valence electrons. The van der Waals surface area contributed by atoms with Gasteiger partial charge < -0.3 is 14.2 Å². The first-order valence-electron chi connectivity index (χ1n) is 9.68. The predicted molar refractivity (Wildman–Crippen MR) is 104 cm³/mol. The minimum absolute atomic E-state index is 0.0210. The summed E-state index contributed by atoms with van der Waals surface area (Å²) in [5.74, 6) is 0.974. The first kappa shape index (κ1) is 19.1. The third kappa shape index (κ3) is 4.45. The second-order valence-corrected chi connectivity index (χ2v) is 7.17. The van der Waals surface area contributed by atoms with Crippen LogP contribution in [-0.4, -0.2) is 27.5 Å². The van der Waals surface area contributed by atoms with Gasteiger partial charge in [0.25, 0.3) is 11.8 Å². The largest absolute Gasteiger partial charge is 0.484 e. The van der Waals surface area contributed by atoms with Crippen LogP contribution in [0.1, 0.15) is 52.9 Å². The summed E-state index contributed by atoms with van der Waals surface area (Å²) in [7, 11) is 0. The molecule has 0 saturated carbocycles. The molecule has 0 spiro atoms. The molecule has 1 fully saturated rings. The maximum atomic E-state index is 13.1. The van der Waals surface area contributed by atoms with Gasteiger partial charge in [-0.1, -0.05) is 22.9 Å². The lowest BCUT2D eigenvalue weighted by atomic mass is 10.00. The number of halogens is 1. The van der Waals surface area contributed by atoms with E-state index in [-0.39, 0.29) is 24.4 Å². The molecule has 1 atom stereocenters. The van der Waals surface area contributed by atoms with Gasteiger partial charge in [-0.3, -0.25) is 4.79 Å². The molecule has 0 radical (unpaired) electrons. The quantitative estimate of drug-likeness (QED) is 0.638. The summed E-state index contributed by atoms with van der Waals surface area (Å²) in [6, 6.07) is 13.1. The number of hydrogen-bond acceptors (Lipinski definition) is 5. The number of carbonyl (C=O) groups excluding carboxylic acids is 1. The van der Waals surface area contributed by atoms with Crippen molar-refractivity contribution < 1.29 is 18.4 Å². The van der Waals surface area contributed by atoms with Crippen molar-refractivity contribution >= 4 is 5.91 Å². The van der Waals surface area contributed by atoms with Crippen LogP contribution < -0.4 is 4.74 Å². The molecule has 1 aliphatic heterocycles. The van der Waals surface area contributed by atoms with Gasteiger partial charge in [0, 0.05) is 12.1 Å². The van der Waals surface area contributed by atoms with E-state index < -0.39 is 0 Å². The predicted octanol–water partition coefficient (Wildman–Crippen LogP) is 4.46. The molecular weight excluding hydrogens is 373 g/mol. The van der Waals surface area contributed by atoms with E-state index in [4.69, 9.17) is 9.26 Å². The Morgan fingerprint density at radius 1 is 1.24 bits per heavy atom. The Morgan fingerprint density at radius 3 is 2.86 bits per heavy atom. The molecule has 7 heteroatoms. The summed E-state index contributed by atoms with van der Waals surface area (Å²) in [4.78, 5) is 19.3. The number of piperidine rings is 1. The third-order valence-corrected chi connectivity index (χ3v) is 4.99. The highest BCUT2D eigenvalue weighted by atomic mass is 19.1. The van der Waals surface area contributed by atoms with E-state index in [1.807, 2.05) is 36.1 Å². The van der Waals surface area contributed by atoms with Crippen molar-refractivity contribution in [3.63, 3.8) is 0 Å². The smallest absolute Gasteiger partial charge is 0.264 e. The topological polar surface area (TPSA) is 68.5 Å². The molecular formula is C22H22FN3O3. The molecule has 0 bridgehead atoms. The summed E-state index contributed by atoms with van der Waals surface area (Å²) in [6.07, 6.45) is 2.74. The van der Waals surface area contributed by atoms with Gasteiger partial charge in [-0.25, -0.2) is 4.39 Å². The summed E-state index contributed by atoms with van der Waals surface area (Å²) in [6.45, 7) is 2.71. The lowest BCUT2D eigenvalue weighted by molar-refractivity contribution is 0.0596. The number of benzene rings is 2.